The smallest absolute Gasteiger partial charge is 0.410 e. The summed E-state index contributed by atoms with van der Waals surface area (Å²) in [7, 11) is 0. The normalized spacial score (nSPS) is 21.3. The van der Waals surface area contributed by atoms with E-state index in [1.807, 2.05) is 41.5 Å². The first-order valence-corrected chi connectivity index (χ1v) is 14.6. The molecule has 42 heavy (non-hydrogen) atoms. The second-order valence-corrected chi connectivity index (χ2v) is 12.4. The molecule has 0 bridgehead atoms. The Hall–Kier alpha value is -3.57. The highest BCUT2D eigenvalue weighted by molar-refractivity contribution is 5.85. The van der Waals surface area contributed by atoms with Gasteiger partial charge in [0.25, 0.3) is 0 Å². The molecule has 0 radical (unpaired) electrons. The maximum atomic E-state index is 15.2. The number of likely N-dealkylation sites (tertiary alicyclic amines) is 1. The molecule has 2 fully saturated rings. The van der Waals surface area contributed by atoms with Crippen molar-refractivity contribution in [2.24, 2.45) is 0 Å². The second kappa shape index (κ2) is 11.6. The molecule has 2 aromatic heterocycles. The number of benzene rings is 1. The van der Waals surface area contributed by atoms with Crippen molar-refractivity contribution in [1.29, 1.82) is 0 Å². The number of carbonyl (C=O) groups excluding carboxylic acids is 1. The molecule has 3 atom stereocenters. The third-order valence-corrected chi connectivity index (χ3v) is 7.86. The van der Waals surface area contributed by atoms with Crippen LogP contribution in [0.2, 0.25) is 0 Å². The molecular formula is C31H40FN5O5. The van der Waals surface area contributed by atoms with Crippen molar-refractivity contribution in [2.75, 3.05) is 25.1 Å². The van der Waals surface area contributed by atoms with E-state index in [0.717, 1.165) is 18.3 Å². The monoisotopic (exact) mass is 581 g/mol. The van der Waals surface area contributed by atoms with E-state index in [1.54, 1.807) is 23.1 Å². The molecule has 1 unspecified atom stereocenters. The second-order valence-electron chi connectivity index (χ2n) is 12.4. The fraction of sp³-hybridized carbons (Fsp3) is 0.548. The number of aromatic nitrogens is 3. The number of amides is 1. The summed E-state index contributed by atoms with van der Waals surface area (Å²) in [6.07, 6.45) is 2.03. The molecule has 1 amide bonds. The van der Waals surface area contributed by atoms with Gasteiger partial charge in [-0.3, -0.25) is 9.69 Å². The van der Waals surface area contributed by atoms with E-state index in [9.17, 15) is 14.7 Å². The molecule has 5 rings (SSSR count). The minimum absolute atomic E-state index is 0.0689. The molecular weight excluding hydrogens is 541 g/mol. The highest BCUT2D eigenvalue weighted by Gasteiger charge is 2.37. The Morgan fingerprint density at radius 1 is 1.26 bits per heavy atom. The van der Waals surface area contributed by atoms with Gasteiger partial charge in [0.2, 0.25) is 5.95 Å². The highest BCUT2D eigenvalue weighted by atomic mass is 19.1. The lowest BCUT2D eigenvalue weighted by Crippen LogP contribution is -2.42. The van der Waals surface area contributed by atoms with Crippen LogP contribution in [0.3, 0.4) is 0 Å². The minimum atomic E-state index is -0.727. The summed E-state index contributed by atoms with van der Waals surface area (Å²) in [6, 6.07) is 4.46. The maximum absolute atomic E-state index is 15.2. The van der Waals surface area contributed by atoms with Crippen LogP contribution in [-0.2, 0) is 9.47 Å². The first kappa shape index (κ1) is 29.9. The van der Waals surface area contributed by atoms with Gasteiger partial charge >= 0.3 is 6.09 Å². The Morgan fingerprint density at radius 3 is 2.71 bits per heavy atom. The molecule has 2 saturated heterocycles. The number of carbonyl (C=O) groups is 1. The molecule has 4 heterocycles. The number of nitrogens with one attached hydrogen (secondary N) is 1. The van der Waals surface area contributed by atoms with E-state index in [0.29, 0.717) is 48.0 Å². The van der Waals surface area contributed by atoms with Crippen molar-refractivity contribution in [3.8, 4) is 11.3 Å². The van der Waals surface area contributed by atoms with Crippen LogP contribution in [0.4, 0.5) is 15.1 Å². The predicted octanol–water partition coefficient (Wildman–Crippen LogP) is 5.12. The molecule has 0 spiro atoms. The van der Waals surface area contributed by atoms with Crippen LogP contribution in [0.15, 0.2) is 29.2 Å². The topological polar surface area (TPSA) is 119 Å². The van der Waals surface area contributed by atoms with Crippen molar-refractivity contribution in [1.82, 2.24) is 19.4 Å². The average molecular weight is 582 g/mol. The van der Waals surface area contributed by atoms with Crippen molar-refractivity contribution >= 4 is 22.9 Å². The van der Waals surface area contributed by atoms with Gasteiger partial charge in [-0.25, -0.2) is 19.2 Å². The minimum Gasteiger partial charge on any atom is -0.444 e. The summed E-state index contributed by atoms with van der Waals surface area (Å²) >= 11 is 0. The van der Waals surface area contributed by atoms with E-state index >= 15 is 4.39 Å². The van der Waals surface area contributed by atoms with Gasteiger partial charge in [0.15, 0.2) is 11.2 Å². The van der Waals surface area contributed by atoms with Crippen LogP contribution in [0, 0.1) is 12.7 Å². The number of rotatable bonds is 5. The summed E-state index contributed by atoms with van der Waals surface area (Å²) < 4.78 is 28.2. The zero-order chi connectivity index (χ0) is 30.3. The van der Waals surface area contributed by atoms with Crippen molar-refractivity contribution in [2.45, 2.75) is 90.6 Å². The Morgan fingerprint density at radius 2 is 2.02 bits per heavy atom. The van der Waals surface area contributed by atoms with Crippen LogP contribution < -0.4 is 10.7 Å². The van der Waals surface area contributed by atoms with Gasteiger partial charge in [0.1, 0.15) is 11.3 Å². The number of ether oxygens (including phenoxy) is 2. The predicted molar refractivity (Wildman–Crippen MR) is 158 cm³/mol. The number of hydrogen-bond donors (Lipinski definition) is 2. The third kappa shape index (κ3) is 5.85. The Balaban J connectivity index is 1.61. The lowest BCUT2D eigenvalue weighted by Gasteiger charge is -2.32. The number of hydrogen-bond acceptors (Lipinski definition) is 8. The number of nitrogens with zero attached hydrogens (tertiary/aromatic N) is 4. The summed E-state index contributed by atoms with van der Waals surface area (Å²) in [5.74, 6) is -0.410. The lowest BCUT2D eigenvalue weighted by atomic mass is 9.99. The first-order valence-electron chi connectivity index (χ1n) is 14.6. The number of aliphatic hydroxyl groups excluding tert-OH is 1. The summed E-state index contributed by atoms with van der Waals surface area (Å²) in [4.78, 5) is 37.2. The molecule has 226 valence electrons. The van der Waals surface area contributed by atoms with Crippen molar-refractivity contribution in [3.05, 3.63) is 51.7 Å². The van der Waals surface area contributed by atoms with Crippen molar-refractivity contribution < 1.29 is 23.8 Å². The van der Waals surface area contributed by atoms with E-state index in [2.05, 4.69) is 19.9 Å². The largest absolute Gasteiger partial charge is 0.444 e. The fourth-order valence-corrected chi connectivity index (χ4v) is 5.95. The Bertz CT molecular complexity index is 1550. The maximum Gasteiger partial charge on any atom is 0.410 e. The molecule has 10 nitrogen and oxygen atoms in total. The number of anilines is 1. The summed E-state index contributed by atoms with van der Waals surface area (Å²) in [6.45, 7) is 12.6. The third-order valence-electron chi connectivity index (χ3n) is 7.86. The molecule has 3 aromatic rings. The van der Waals surface area contributed by atoms with Gasteiger partial charge in [0.05, 0.1) is 36.5 Å². The molecule has 2 N–H and O–H groups in total. The number of aliphatic hydroxyl groups is 1. The standard InChI is InChI=1S/C31H40FN5O5/c1-17(2)37-24-14-19(26-21(32)15-33-29(35-26)34-22-11-13-41-16-25(22)38)9-10-20(24)28(39)18(3)27(37)23-8-7-12-36(23)30(40)42-31(4,5)6/h9-10,14-15,17,22-23,25,38H,7-8,11-13,16H2,1-6H3,(H,33,34,35)/t22-,23?,25-/m1/s1. The quantitative estimate of drug-likeness (QED) is 0.426. The number of pyridine rings is 1. The van der Waals surface area contributed by atoms with E-state index < -0.39 is 23.6 Å². The van der Waals surface area contributed by atoms with Crippen LogP contribution in [0.5, 0.6) is 0 Å². The van der Waals surface area contributed by atoms with E-state index in [4.69, 9.17) is 9.47 Å². The molecule has 2 aliphatic rings. The van der Waals surface area contributed by atoms with Crippen LogP contribution in [-0.4, -0.2) is 68.1 Å². The molecule has 2 aliphatic heterocycles. The van der Waals surface area contributed by atoms with Gasteiger partial charge in [-0.1, -0.05) is 6.07 Å². The molecule has 0 saturated carbocycles. The van der Waals surface area contributed by atoms with Crippen LogP contribution in [0.25, 0.3) is 22.2 Å². The Labute approximate surface area is 244 Å². The average Bonchev–Trinajstić information content (AvgIpc) is 3.41. The molecule has 11 heteroatoms. The highest BCUT2D eigenvalue weighted by Crippen LogP contribution is 2.38. The Kier molecular flexibility index (Phi) is 8.26. The summed E-state index contributed by atoms with van der Waals surface area (Å²) in [5.41, 5.74) is 1.78. The van der Waals surface area contributed by atoms with Crippen LogP contribution >= 0.6 is 0 Å². The van der Waals surface area contributed by atoms with Crippen LogP contribution in [0.1, 0.15) is 77.2 Å². The van der Waals surface area contributed by atoms with Gasteiger partial charge in [-0.15, -0.1) is 0 Å². The van der Waals surface area contributed by atoms with Gasteiger partial charge in [0, 0.05) is 41.4 Å². The number of halogens is 1. The zero-order valence-corrected chi connectivity index (χ0v) is 25.1. The molecule has 1 aromatic carbocycles. The number of fused-ring (bicyclic) bond motifs is 1. The van der Waals surface area contributed by atoms with E-state index in [1.165, 1.54) is 0 Å². The van der Waals surface area contributed by atoms with E-state index in [-0.39, 0.29) is 41.8 Å². The first-order chi connectivity index (χ1) is 19.9. The SMILES string of the molecule is Cc1c(C2CCCN2C(=O)OC(C)(C)C)n(C(C)C)c2cc(-c3nc(N[C@@H]4CCOC[C@H]4O)ncc3F)ccc2c1=O. The van der Waals surface area contributed by atoms with Gasteiger partial charge in [-0.2, -0.15) is 0 Å². The lowest BCUT2D eigenvalue weighted by molar-refractivity contribution is -0.0136. The molecule has 0 aliphatic carbocycles. The van der Waals surface area contributed by atoms with Gasteiger partial charge < -0.3 is 24.5 Å². The fourth-order valence-electron chi connectivity index (χ4n) is 5.95. The van der Waals surface area contributed by atoms with Crippen molar-refractivity contribution in [3.63, 3.8) is 0 Å². The zero-order valence-electron chi connectivity index (χ0n) is 25.1. The van der Waals surface area contributed by atoms with Gasteiger partial charge in [-0.05, 0) is 72.9 Å². The summed E-state index contributed by atoms with van der Waals surface area (Å²) in [5, 5.41) is 13.9.